The number of nitrogens with one attached hydrogen (secondary N) is 3. The van der Waals surface area contributed by atoms with Crippen LogP contribution in [0.2, 0.25) is 0 Å². The Hall–Kier alpha value is -2.55. The van der Waals surface area contributed by atoms with E-state index in [-0.39, 0.29) is 12.5 Å². The van der Waals surface area contributed by atoms with E-state index in [1.54, 1.807) is 24.3 Å². The molecule has 0 aliphatic heterocycles. The first-order valence-electron chi connectivity index (χ1n) is 4.43. The van der Waals surface area contributed by atoms with Gasteiger partial charge in [0, 0.05) is 5.69 Å². The molecule has 0 spiro atoms. The van der Waals surface area contributed by atoms with Crippen LogP contribution in [-0.2, 0) is 4.79 Å². The molecule has 82 valence electrons. The molecule has 1 aromatic carbocycles. The van der Waals surface area contributed by atoms with Crippen LogP contribution in [0.5, 0.6) is 0 Å². The van der Waals surface area contributed by atoms with E-state index >= 15 is 0 Å². The van der Waals surface area contributed by atoms with E-state index in [0.29, 0.717) is 11.3 Å². The minimum atomic E-state index is -1.04. The first-order valence-corrected chi connectivity index (χ1v) is 4.43. The van der Waals surface area contributed by atoms with E-state index in [2.05, 4.69) is 10.6 Å². The van der Waals surface area contributed by atoms with Gasteiger partial charge in [-0.1, -0.05) is 0 Å². The SMILES string of the molecule is N#Cc1ccc(NC(=N)NCC(=O)O)cc1. The number of carboxylic acid groups (broad SMARTS) is 1. The summed E-state index contributed by atoms with van der Waals surface area (Å²) < 4.78 is 0. The number of carbonyl (C=O) groups is 1. The van der Waals surface area contributed by atoms with Crippen LogP contribution in [0.25, 0.3) is 0 Å². The lowest BCUT2D eigenvalue weighted by Crippen LogP contribution is -2.33. The number of aliphatic carboxylic acids is 1. The van der Waals surface area contributed by atoms with Gasteiger partial charge in [-0.3, -0.25) is 10.2 Å². The lowest BCUT2D eigenvalue weighted by Gasteiger charge is -2.08. The summed E-state index contributed by atoms with van der Waals surface area (Å²) in [6, 6.07) is 8.45. The molecular weight excluding hydrogens is 208 g/mol. The highest BCUT2D eigenvalue weighted by molar-refractivity contribution is 5.92. The monoisotopic (exact) mass is 218 g/mol. The average molecular weight is 218 g/mol. The van der Waals surface area contributed by atoms with Crippen molar-refractivity contribution in [1.29, 1.82) is 10.7 Å². The van der Waals surface area contributed by atoms with Gasteiger partial charge < -0.3 is 15.7 Å². The average Bonchev–Trinajstić information content (AvgIpc) is 2.27. The van der Waals surface area contributed by atoms with Crippen molar-refractivity contribution in [2.24, 2.45) is 0 Å². The normalized spacial score (nSPS) is 8.94. The van der Waals surface area contributed by atoms with Gasteiger partial charge in [-0.2, -0.15) is 5.26 Å². The molecule has 0 amide bonds. The second-order valence-corrected chi connectivity index (χ2v) is 2.94. The summed E-state index contributed by atoms with van der Waals surface area (Å²) in [5.74, 6) is -1.14. The molecule has 0 saturated carbocycles. The van der Waals surface area contributed by atoms with Gasteiger partial charge in [-0.25, -0.2) is 0 Å². The van der Waals surface area contributed by atoms with Crippen LogP contribution in [0.1, 0.15) is 5.56 Å². The summed E-state index contributed by atoms with van der Waals surface area (Å²) in [7, 11) is 0. The topological polar surface area (TPSA) is 109 Å². The molecule has 4 N–H and O–H groups in total. The molecule has 6 nitrogen and oxygen atoms in total. The van der Waals surface area contributed by atoms with Crippen LogP contribution >= 0.6 is 0 Å². The Kier molecular flexibility index (Phi) is 3.86. The highest BCUT2D eigenvalue weighted by Gasteiger charge is 2.00. The van der Waals surface area contributed by atoms with Gasteiger partial charge in [-0.15, -0.1) is 0 Å². The molecule has 16 heavy (non-hydrogen) atoms. The third-order valence-electron chi connectivity index (χ3n) is 1.70. The maximum absolute atomic E-state index is 10.2. The highest BCUT2D eigenvalue weighted by atomic mass is 16.4. The van der Waals surface area contributed by atoms with Gasteiger partial charge in [0.25, 0.3) is 0 Å². The lowest BCUT2D eigenvalue weighted by molar-refractivity contribution is -0.135. The van der Waals surface area contributed by atoms with Gasteiger partial charge >= 0.3 is 5.97 Å². The molecule has 6 heteroatoms. The second kappa shape index (κ2) is 5.36. The summed E-state index contributed by atoms with van der Waals surface area (Å²) in [6.45, 7) is -0.317. The van der Waals surface area contributed by atoms with Crippen molar-refractivity contribution in [2.45, 2.75) is 0 Å². The number of guanidine groups is 1. The quantitative estimate of drug-likeness (QED) is 0.438. The van der Waals surface area contributed by atoms with Crippen molar-refractivity contribution in [3.05, 3.63) is 29.8 Å². The zero-order chi connectivity index (χ0) is 12.0. The number of nitriles is 1. The van der Waals surface area contributed by atoms with E-state index in [0.717, 1.165) is 0 Å². The molecule has 0 aliphatic carbocycles. The first kappa shape index (κ1) is 11.5. The standard InChI is InChI=1S/C10H10N4O2/c11-5-7-1-3-8(4-2-7)14-10(12)13-6-9(15)16/h1-4H,6H2,(H,15,16)(H3,12,13,14). The van der Waals surface area contributed by atoms with Crippen LogP contribution in [0.15, 0.2) is 24.3 Å². The Labute approximate surface area is 92.0 Å². The third kappa shape index (κ3) is 3.67. The summed E-state index contributed by atoms with van der Waals surface area (Å²) in [6.07, 6.45) is 0. The molecule has 0 bridgehead atoms. The van der Waals surface area contributed by atoms with Gasteiger partial charge in [0.2, 0.25) is 0 Å². The van der Waals surface area contributed by atoms with Crippen molar-refractivity contribution in [2.75, 3.05) is 11.9 Å². The van der Waals surface area contributed by atoms with Crippen LogP contribution in [0.4, 0.5) is 5.69 Å². The molecular formula is C10H10N4O2. The smallest absolute Gasteiger partial charge is 0.322 e. The zero-order valence-electron chi connectivity index (χ0n) is 8.32. The molecule has 0 aliphatic rings. The maximum Gasteiger partial charge on any atom is 0.322 e. The summed E-state index contributed by atoms with van der Waals surface area (Å²) in [5.41, 5.74) is 1.14. The number of hydrogen-bond donors (Lipinski definition) is 4. The van der Waals surface area contributed by atoms with Crippen molar-refractivity contribution in [1.82, 2.24) is 5.32 Å². The minimum absolute atomic E-state index is 0.105. The maximum atomic E-state index is 10.2. The first-order chi connectivity index (χ1) is 7.61. The largest absolute Gasteiger partial charge is 0.480 e. The van der Waals surface area contributed by atoms with Crippen molar-refractivity contribution >= 4 is 17.6 Å². The zero-order valence-corrected chi connectivity index (χ0v) is 8.32. The number of rotatable bonds is 3. The second-order valence-electron chi connectivity index (χ2n) is 2.94. The van der Waals surface area contributed by atoms with Crippen LogP contribution in [0, 0.1) is 16.7 Å². The fourth-order valence-corrected chi connectivity index (χ4v) is 0.981. The van der Waals surface area contributed by atoms with E-state index in [1.807, 2.05) is 6.07 Å². The van der Waals surface area contributed by atoms with Crippen molar-refractivity contribution in [3.63, 3.8) is 0 Å². The molecule has 0 heterocycles. The number of hydrogen-bond acceptors (Lipinski definition) is 3. The molecule has 0 atom stereocenters. The molecule has 1 rings (SSSR count). The fraction of sp³-hybridized carbons (Fsp3) is 0.100. The van der Waals surface area contributed by atoms with E-state index < -0.39 is 5.97 Å². The van der Waals surface area contributed by atoms with Crippen LogP contribution < -0.4 is 10.6 Å². The van der Waals surface area contributed by atoms with Gasteiger partial charge in [0.15, 0.2) is 5.96 Å². The Balaban J connectivity index is 2.50. The Morgan fingerprint density at radius 3 is 2.56 bits per heavy atom. The van der Waals surface area contributed by atoms with Gasteiger partial charge in [-0.05, 0) is 24.3 Å². The molecule has 0 radical (unpaired) electrons. The number of nitrogens with zero attached hydrogens (tertiary/aromatic N) is 1. The molecule has 0 fully saturated rings. The molecule has 0 aromatic heterocycles. The number of benzene rings is 1. The van der Waals surface area contributed by atoms with Gasteiger partial charge in [0.1, 0.15) is 6.54 Å². The number of carboxylic acids is 1. The molecule has 0 saturated heterocycles. The minimum Gasteiger partial charge on any atom is -0.480 e. The predicted molar refractivity (Wildman–Crippen MR) is 58.1 cm³/mol. The molecule has 0 unspecified atom stereocenters. The van der Waals surface area contributed by atoms with Crippen LogP contribution in [0.3, 0.4) is 0 Å². The van der Waals surface area contributed by atoms with E-state index in [9.17, 15) is 4.79 Å². The van der Waals surface area contributed by atoms with E-state index in [4.69, 9.17) is 15.8 Å². The Morgan fingerprint density at radius 1 is 1.44 bits per heavy atom. The van der Waals surface area contributed by atoms with Gasteiger partial charge in [0.05, 0.1) is 11.6 Å². The highest BCUT2D eigenvalue weighted by Crippen LogP contribution is 2.07. The lowest BCUT2D eigenvalue weighted by atomic mass is 10.2. The molecule has 1 aromatic rings. The third-order valence-corrected chi connectivity index (χ3v) is 1.70. The summed E-state index contributed by atoms with van der Waals surface area (Å²) in [4.78, 5) is 10.2. The van der Waals surface area contributed by atoms with Crippen LogP contribution in [-0.4, -0.2) is 23.6 Å². The fourth-order valence-electron chi connectivity index (χ4n) is 0.981. The number of anilines is 1. The van der Waals surface area contributed by atoms with E-state index in [1.165, 1.54) is 0 Å². The van der Waals surface area contributed by atoms with Crippen molar-refractivity contribution in [3.8, 4) is 6.07 Å². The Morgan fingerprint density at radius 2 is 2.06 bits per heavy atom. The predicted octanol–water partition coefficient (Wildman–Crippen LogP) is 0.579. The Bertz CT molecular complexity index is 433. The summed E-state index contributed by atoms with van der Waals surface area (Å²) in [5, 5.41) is 29.3. The summed E-state index contributed by atoms with van der Waals surface area (Å²) >= 11 is 0. The van der Waals surface area contributed by atoms with Crippen molar-refractivity contribution < 1.29 is 9.90 Å².